The molecule has 1 aromatic rings. The quantitative estimate of drug-likeness (QED) is 0.769. The van der Waals surface area contributed by atoms with Crippen molar-refractivity contribution in [2.24, 2.45) is 0 Å². The summed E-state index contributed by atoms with van der Waals surface area (Å²) in [6, 6.07) is 3.04. The van der Waals surface area contributed by atoms with Gasteiger partial charge in [0.25, 0.3) is 0 Å². The summed E-state index contributed by atoms with van der Waals surface area (Å²) in [5, 5.41) is 0. The van der Waals surface area contributed by atoms with E-state index in [0.29, 0.717) is 13.2 Å². The maximum Gasteiger partial charge on any atom is 0.191 e. The third-order valence-electron chi connectivity index (χ3n) is 1.96. The van der Waals surface area contributed by atoms with Crippen LogP contribution in [0.1, 0.15) is 0 Å². The standard InChI is InChI=1S/C10H10F2O3/c11-7-1-2-8(12)9(5-7)15-6-10-13-3-4-14-10/h1-2,5,10H,3-4,6H2. The van der Waals surface area contributed by atoms with Crippen molar-refractivity contribution in [1.82, 2.24) is 0 Å². The number of hydrogen-bond acceptors (Lipinski definition) is 3. The first-order valence-corrected chi connectivity index (χ1v) is 4.57. The molecular weight excluding hydrogens is 206 g/mol. The molecule has 1 aromatic carbocycles. The van der Waals surface area contributed by atoms with Gasteiger partial charge < -0.3 is 14.2 Å². The molecule has 15 heavy (non-hydrogen) atoms. The highest BCUT2D eigenvalue weighted by atomic mass is 19.1. The zero-order valence-electron chi connectivity index (χ0n) is 7.91. The summed E-state index contributed by atoms with van der Waals surface area (Å²) < 4.78 is 41.0. The van der Waals surface area contributed by atoms with Crippen LogP contribution in [-0.2, 0) is 9.47 Å². The fraction of sp³-hybridized carbons (Fsp3) is 0.400. The predicted molar refractivity (Wildman–Crippen MR) is 47.5 cm³/mol. The summed E-state index contributed by atoms with van der Waals surface area (Å²) in [5.41, 5.74) is 0. The highest BCUT2D eigenvalue weighted by Gasteiger charge is 2.17. The van der Waals surface area contributed by atoms with Gasteiger partial charge in [0.05, 0.1) is 13.2 Å². The fourth-order valence-corrected chi connectivity index (χ4v) is 1.25. The topological polar surface area (TPSA) is 27.7 Å². The van der Waals surface area contributed by atoms with Crippen molar-refractivity contribution < 1.29 is 23.0 Å². The average Bonchev–Trinajstić information content (AvgIpc) is 2.72. The van der Waals surface area contributed by atoms with E-state index < -0.39 is 17.9 Å². The minimum absolute atomic E-state index is 0.0559. The lowest BCUT2D eigenvalue weighted by Crippen LogP contribution is -2.18. The van der Waals surface area contributed by atoms with Gasteiger partial charge in [-0.2, -0.15) is 0 Å². The third-order valence-corrected chi connectivity index (χ3v) is 1.96. The Balaban J connectivity index is 1.94. The zero-order valence-corrected chi connectivity index (χ0v) is 7.91. The van der Waals surface area contributed by atoms with E-state index in [0.717, 1.165) is 18.2 Å². The lowest BCUT2D eigenvalue weighted by atomic mass is 10.3. The van der Waals surface area contributed by atoms with Crippen molar-refractivity contribution in [2.45, 2.75) is 6.29 Å². The first kappa shape index (κ1) is 10.3. The first-order valence-electron chi connectivity index (χ1n) is 4.57. The molecule has 0 amide bonds. The molecule has 1 heterocycles. The van der Waals surface area contributed by atoms with Crippen molar-refractivity contribution in [1.29, 1.82) is 0 Å². The van der Waals surface area contributed by atoms with Crippen LogP contribution in [-0.4, -0.2) is 26.1 Å². The molecule has 2 rings (SSSR count). The molecule has 0 atom stereocenters. The van der Waals surface area contributed by atoms with Crippen molar-refractivity contribution in [2.75, 3.05) is 19.8 Å². The van der Waals surface area contributed by atoms with E-state index in [4.69, 9.17) is 14.2 Å². The second-order valence-electron chi connectivity index (χ2n) is 3.06. The maximum atomic E-state index is 13.1. The Morgan fingerprint density at radius 1 is 1.27 bits per heavy atom. The average molecular weight is 216 g/mol. The zero-order chi connectivity index (χ0) is 10.7. The van der Waals surface area contributed by atoms with Gasteiger partial charge in [-0.25, -0.2) is 8.78 Å². The smallest absolute Gasteiger partial charge is 0.191 e. The van der Waals surface area contributed by atoms with Crippen LogP contribution < -0.4 is 4.74 Å². The molecule has 3 nitrogen and oxygen atoms in total. The third kappa shape index (κ3) is 2.64. The van der Waals surface area contributed by atoms with Gasteiger partial charge in [0, 0.05) is 6.07 Å². The second kappa shape index (κ2) is 4.55. The van der Waals surface area contributed by atoms with Gasteiger partial charge >= 0.3 is 0 Å². The molecule has 0 bridgehead atoms. The van der Waals surface area contributed by atoms with E-state index in [1.165, 1.54) is 0 Å². The highest BCUT2D eigenvalue weighted by molar-refractivity contribution is 5.24. The summed E-state index contributed by atoms with van der Waals surface area (Å²) in [7, 11) is 0. The highest BCUT2D eigenvalue weighted by Crippen LogP contribution is 2.18. The summed E-state index contributed by atoms with van der Waals surface area (Å²) in [6.45, 7) is 1.06. The molecule has 0 aliphatic carbocycles. The van der Waals surface area contributed by atoms with E-state index in [2.05, 4.69) is 0 Å². The molecule has 1 aliphatic heterocycles. The van der Waals surface area contributed by atoms with Crippen LogP contribution >= 0.6 is 0 Å². The monoisotopic (exact) mass is 216 g/mol. The molecular formula is C10H10F2O3. The predicted octanol–water partition coefficient (Wildman–Crippen LogP) is 1.72. The molecule has 1 saturated heterocycles. The minimum Gasteiger partial charge on any atom is -0.485 e. The van der Waals surface area contributed by atoms with Crippen LogP contribution in [0.25, 0.3) is 0 Å². The van der Waals surface area contributed by atoms with Gasteiger partial charge in [0.1, 0.15) is 12.4 Å². The van der Waals surface area contributed by atoms with E-state index in [-0.39, 0.29) is 12.4 Å². The summed E-state index contributed by atoms with van der Waals surface area (Å²) >= 11 is 0. The van der Waals surface area contributed by atoms with Crippen LogP contribution in [0.3, 0.4) is 0 Å². The molecule has 1 fully saturated rings. The van der Waals surface area contributed by atoms with Crippen molar-refractivity contribution in [3.05, 3.63) is 29.8 Å². The SMILES string of the molecule is Fc1ccc(F)c(OCC2OCCO2)c1. The number of hydrogen-bond donors (Lipinski definition) is 0. The van der Waals surface area contributed by atoms with Gasteiger partial charge in [0.15, 0.2) is 17.9 Å². The molecule has 0 spiro atoms. The Morgan fingerprint density at radius 2 is 2.00 bits per heavy atom. The summed E-state index contributed by atoms with van der Waals surface area (Å²) in [5.74, 6) is -1.27. The van der Waals surface area contributed by atoms with Gasteiger partial charge in [0.2, 0.25) is 0 Å². The normalized spacial score (nSPS) is 16.9. The van der Waals surface area contributed by atoms with Crippen LogP contribution in [0.4, 0.5) is 8.78 Å². The molecule has 0 saturated carbocycles. The van der Waals surface area contributed by atoms with E-state index >= 15 is 0 Å². The Morgan fingerprint density at radius 3 is 2.73 bits per heavy atom. The first-order chi connectivity index (χ1) is 7.25. The Bertz CT molecular complexity index is 337. The number of benzene rings is 1. The Kier molecular flexibility index (Phi) is 3.13. The molecule has 0 radical (unpaired) electrons. The van der Waals surface area contributed by atoms with Crippen LogP contribution in [0.5, 0.6) is 5.75 Å². The van der Waals surface area contributed by atoms with Crippen LogP contribution in [0.2, 0.25) is 0 Å². The van der Waals surface area contributed by atoms with Crippen LogP contribution in [0, 0.1) is 11.6 Å². The molecule has 82 valence electrons. The molecule has 0 N–H and O–H groups in total. The van der Waals surface area contributed by atoms with Gasteiger partial charge in [-0.3, -0.25) is 0 Å². The lowest BCUT2D eigenvalue weighted by molar-refractivity contribution is -0.0690. The van der Waals surface area contributed by atoms with Gasteiger partial charge in [-0.15, -0.1) is 0 Å². The van der Waals surface area contributed by atoms with Crippen molar-refractivity contribution in [3.8, 4) is 5.75 Å². The molecule has 0 aromatic heterocycles. The van der Waals surface area contributed by atoms with Crippen LogP contribution in [0.15, 0.2) is 18.2 Å². The number of halogens is 2. The van der Waals surface area contributed by atoms with Crippen molar-refractivity contribution in [3.63, 3.8) is 0 Å². The number of rotatable bonds is 3. The van der Waals surface area contributed by atoms with E-state index in [9.17, 15) is 8.78 Å². The van der Waals surface area contributed by atoms with E-state index in [1.54, 1.807) is 0 Å². The molecule has 5 heteroatoms. The molecule has 0 unspecified atom stereocenters. The largest absolute Gasteiger partial charge is 0.485 e. The second-order valence-corrected chi connectivity index (χ2v) is 3.06. The lowest BCUT2D eigenvalue weighted by Gasteiger charge is -2.11. The van der Waals surface area contributed by atoms with Gasteiger partial charge in [-0.05, 0) is 12.1 Å². The summed E-state index contributed by atoms with van der Waals surface area (Å²) in [4.78, 5) is 0. The van der Waals surface area contributed by atoms with Crippen molar-refractivity contribution >= 4 is 0 Å². The van der Waals surface area contributed by atoms with E-state index in [1.807, 2.05) is 0 Å². The Hall–Kier alpha value is -1.20. The fourth-order valence-electron chi connectivity index (χ4n) is 1.25. The molecule has 1 aliphatic rings. The van der Waals surface area contributed by atoms with Gasteiger partial charge in [-0.1, -0.05) is 0 Å². The number of ether oxygens (including phenoxy) is 3. The minimum atomic E-state index is -0.602. The maximum absolute atomic E-state index is 13.1. The summed E-state index contributed by atoms with van der Waals surface area (Å²) in [6.07, 6.45) is -0.493. The Labute approximate surface area is 85.6 Å².